The smallest absolute Gasteiger partial charge is 0.247 e. The quantitative estimate of drug-likeness (QED) is 0.723. The number of hydrogen-bond donors (Lipinski definition) is 1. The minimum absolute atomic E-state index is 0.113. The van der Waals surface area contributed by atoms with E-state index >= 15 is 0 Å². The summed E-state index contributed by atoms with van der Waals surface area (Å²) in [5.41, 5.74) is 1.70. The van der Waals surface area contributed by atoms with Crippen LogP contribution >= 0.6 is 0 Å². The number of rotatable bonds is 4. The molecule has 0 aliphatic rings. The zero-order valence-corrected chi connectivity index (χ0v) is 7.82. The van der Waals surface area contributed by atoms with E-state index in [1.165, 1.54) is 6.08 Å². The summed E-state index contributed by atoms with van der Waals surface area (Å²) < 4.78 is 0. The minimum Gasteiger partial charge on any atom is -0.323 e. The van der Waals surface area contributed by atoms with Gasteiger partial charge in [0.25, 0.3) is 0 Å². The summed E-state index contributed by atoms with van der Waals surface area (Å²) in [7, 11) is 0. The molecule has 1 N–H and O–H groups in total. The van der Waals surface area contributed by atoms with E-state index < -0.39 is 0 Å². The van der Waals surface area contributed by atoms with Gasteiger partial charge in [0.1, 0.15) is 0 Å². The molecule has 1 aromatic carbocycles. The van der Waals surface area contributed by atoms with Gasteiger partial charge in [-0.05, 0) is 30.2 Å². The van der Waals surface area contributed by atoms with Gasteiger partial charge in [0, 0.05) is 5.69 Å². The lowest BCUT2D eigenvalue weighted by Gasteiger charge is -2.02. The number of carbonyl (C=O) groups excluding carboxylic acids is 1. The maximum Gasteiger partial charge on any atom is 0.247 e. The molecule has 0 spiro atoms. The van der Waals surface area contributed by atoms with Gasteiger partial charge in [-0.15, -0.1) is 0 Å². The molecule has 3 heteroatoms. The molecule has 1 aromatic rings. The van der Waals surface area contributed by atoms with E-state index in [4.69, 9.17) is 0 Å². The maximum absolute atomic E-state index is 10.9. The molecule has 0 bridgehead atoms. The summed E-state index contributed by atoms with van der Waals surface area (Å²) in [5.74, 6) is -0.235. The lowest BCUT2D eigenvalue weighted by Crippen LogP contribution is -2.07. The van der Waals surface area contributed by atoms with Crippen molar-refractivity contribution in [3.8, 4) is 0 Å². The molecule has 0 aliphatic carbocycles. The fourth-order valence-corrected chi connectivity index (χ4v) is 1.07. The number of carbonyl (C=O) groups is 1. The van der Waals surface area contributed by atoms with Gasteiger partial charge in [-0.25, -0.2) is 5.11 Å². The Balaban J connectivity index is 2.63. The molecule has 0 saturated carbocycles. The van der Waals surface area contributed by atoms with E-state index in [2.05, 4.69) is 11.9 Å². The fraction of sp³-hybridized carbons (Fsp3) is 0.182. The monoisotopic (exact) mass is 190 g/mol. The topological polar surface area (TPSA) is 49.0 Å². The fourth-order valence-electron chi connectivity index (χ4n) is 1.07. The second-order valence-corrected chi connectivity index (χ2v) is 2.84. The highest BCUT2D eigenvalue weighted by Gasteiger charge is 1.97. The van der Waals surface area contributed by atoms with E-state index in [0.29, 0.717) is 12.1 Å². The number of amides is 1. The molecule has 1 amide bonds. The van der Waals surface area contributed by atoms with Crippen LogP contribution in [0.2, 0.25) is 0 Å². The molecule has 1 rings (SSSR count). The van der Waals surface area contributed by atoms with Crippen molar-refractivity contribution in [1.29, 1.82) is 0 Å². The van der Waals surface area contributed by atoms with Crippen LogP contribution in [0, 0.1) is 0 Å². The number of benzene rings is 1. The Morgan fingerprint density at radius 3 is 2.50 bits per heavy atom. The van der Waals surface area contributed by atoms with Crippen molar-refractivity contribution < 1.29 is 9.90 Å². The number of nitrogens with one attached hydrogen (secondary N) is 1. The van der Waals surface area contributed by atoms with Crippen LogP contribution in [0.1, 0.15) is 5.56 Å². The molecular formula is C11H12NO2. The van der Waals surface area contributed by atoms with Crippen LogP contribution in [0.15, 0.2) is 36.9 Å². The van der Waals surface area contributed by atoms with Crippen molar-refractivity contribution in [2.24, 2.45) is 0 Å². The Labute approximate surface area is 83.1 Å². The van der Waals surface area contributed by atoms with Gasteiger partial charge >= 0.3 is 0 Å². The first-order valence-electron chi connectivity index (χ1n) is 4.36. The first-order chi connectivity index (χ1) is 6.76. The van der Waals surface area contributed by atoms with Crippen molar-refractivity contribution >= 4 is 11.6 Å². The Bertz CT molecular complexity index is 317. The van der Waals surface area contributed by atoms with Gasteiger partial charge in [0.2, 0.25) is 5.91 Å². The molecule has 0 atom stereocenters. The van der Waals surface area contributed by atoms with E-state index in [1.807, 2.05) is 12.1 Å². The van der Waals surface area contributed by atoms with Gasteiger partial charge in [0.15, 0.2) is 0 Å². The molecule has 0 saturated heterocycles. The molecule has 73 valence electrons. The molecule has 0 aliphatic heterocycles. The van der Waals surface area contributed by atoms with Gasteiger partial charge in [-0.3, -0.25) is 4.79 Å². The predicted molar refractivity (Wildman–Crippen MR) is 54.5 cm³/mol. The summed E-state index contributed by atoms with van der Waals surface area (Å²) in [4.78, 5) is 10.9. The molecule has 0 unspecified atom stereocenters. The Kier molecular flexibility index (Phi) is 3.88. The summed E-state index contributed by atoms with van der Waals surface area (Å²) in [5, 5.41) is 13.0. The zero-order chi connectivity index (χ0) is 10.4. The molecule has 0 aromatic heterocycles. The van der Waals surface area contributed by atoms with Crippen LogP contribution in [-0.2, 0) is 16.3 Å². The van der Waals surface area contributed by atoms with Crippen LogP contribution < -0.4 is 5.32 Å². The summed E-state index contributed by atoms with van der Waals surface area (Å²) >= 11 is 0. The molecule has 1 radical (unpaired) electrons. The van der Waals surface area contributed by atoms with Gasteiger partial charge < -0.3 is 5.32 Å². The Morgan fingerprint density at radius 2 is 2.00 bits per heavy atom. The number of anilines is 1. The average molecular weight is 190 g/mol. The predicted octanol–water partition coefficient (Wildman–Crippen LogP) is 1.78. The molecule has 0 fully saturated rings. The van der Waals surface area contributed by atoms with Gasteiger partial charge in [-0.1, -0.05) is 18.7 Å². The SMILES string of the molecule is C=CC(=O)Nc1ccc(CC[O])cc1. The van der Waals surface area contributed by atoms with E-state index in [0.717, 1.165) is 5.56 Å². The van der Waals surface area contributed by atoms with Crippen LogP contribution in [0.3, 0.4) is 0 Å². The lowest BCUT2D eigenvalue weighted by atomic mass is 10.1. The van der Waals surface area contributed by atoms with Crippen molar-refractivity contribution in [2.75, 3.05) is 11.9 Å². The van der Waals surface area contributed by atoms with E-state index in [1.54, 1.807) is 12.1 Å². The largest absolute Gasteiger partial charge is 0.323 e. The first kappa shape index (κ1) is 10.5. The first-order valence-corrected chi connectivity index (χ1v) is 4.36. The lowest BCUT2D eigenvalue weighted by molar-refractivity contribution is -0.111. The van der Waals surface area contributed by atoms with Crippen LogP contribution in [0.5, 0.6) is 0 Å². The molecule has 3 nitrogen and oxygen atoms in total. The third-order valence-electron chi connectivity index (χ3n) is 1.80. The Morgan fingerprint density at radius 1 is 1.36 bits per heavy atom. The summed E-state index contributed by atoms with van der Waals surface area (Å²) in [6.45, 7) is 3.24. The molecular weight excluding hydrogens is 178 g/mol. The van der Waals surface area contributed by atoms with Crippen molar-refractivity contribution in [3.05, 3.63) is 42.5 Å². The van der Waals surface area contributed by atoms with Crippen LogP contribution in [0.4, 0.5) is 5.69 Å². The van der Waals surface area contributed by atoms with Crippen molar-refractivity contribution in [1.82, 2.24) is 0 Å². The molecule has 0 heterocycles. The van der Waals surface area contributed by atoms with Gasteiger partial charge in [0.05, 0.1) is 6.61 Å². The summed E-state index contributed by atoms with van der Waals surface area (Å²) in [6.07, 6.45) is 1.74. The minimum atomic E-state index is -0.235. The zero-order valence-electron chi connectivity index (χ0n) is 7.82. The third kappa shape index (κ3) is 3.03. The third-order valence-corrected chi connectivity index (χ3v) is 1.80. The van der Waals surface area contributed by atoms with Crippen molar-refractivity contribution in [2.45, 2.75) is 6.42 Å². The van der Waals surface area contributed by atoms with Gasteiger partial charge in [-0.2, -0.15) is 0 Å². The Hall–Kier alpha value is -1.61. The second-order valence-electron chi connectivity index (χ2n) is 2.84. The van der Waals surface area contributed by atoms with Crippen LogP contribution in [0.25, 0.3) is 0 Å². The standard InChI is InChI=1S/C11H12NO2/c1-2-11(14)12-10-5-3-9(4-6-10)7-8-13/h2-6H,1,7-8H2,(H,12,14). The molecule has 14 heavy (non-hydrogen) atoms. The van der Waals surface area contributed by atoms with Crippen LogP contribution in [-0.4, -0.2) is 12.5 Å². The highest BCUT2D eigenvalue weighted by molar-refractivity contribution is 5.98. The average Bonchev–Trinajstić information content (AvgIpc) is 2.21. The highest BCUT2D eigenvalue weighted by atomic mass is 16.2. The summed E-state index contributed by atoms with van der Waals surface area (Å²) in [6, 6.07) is 7.20. The normalized spacial score (nSPS) is 9.50. The second kappa shape index (κ2) is 5.19. The maximum atomic E-state index is 10.9. The van der Waals surface area contributed by atoms with E-state index in [-0.39, 0.29) is 12.5 Å². The highest BCUT2D eigenvalue weighted by Crippen LogP contribution is 2.09. The van der Waals surface area contributed by atoms with Crippen molar-refractivity contribution in [3.63, 3.8) is 0 Å². The number of hydrogen-bond acceptors (Lipinski definition) is 1. The van der Waals surface area contributed by atoms with E-state index in [9.17, 15) is 9.90 Å².